The average Bonchev–Trinajstić information content (AvgIpc) is 3.25. The Morgan fingerprint density at radius 1 is 0.217 bits per heavy atom. The first-order valence-corrected chi connectivity index (χ1v) is 15.8. The normalized spacial score (nSPS) is 7.33. The summed E-state index contributed by atoms with van der Waals surface area (Å²) in [5.41, 5.74) is 2.12. The summed E-state index contributed by atoms with van der Waals surface area (Å²) in [5.74, 6) is 0. The molecule has 7 heterocycles. The fourth-order valence-electron chi connectivity index (χ4n) is 3.60. The van der Waals surface area contributed by atoms with E-state index in [2.05, 4.69) is 59.2 Å². The number of hydrogen-bond donors (Lipinski definition) is 3. The van der Waals surface area contributed by atoms with Crippen LogP contribution in [0, 0.1) is 0 Å². The minimum Gasteiger partial charge on any atom is -0.344 e. The summed E-state index contributed by atoms with van der Waals surface area (Å²) in [4.78, 5) is 27.3. The molecule has 9 N–H and O–H groups in total. The van der Waals surface area contributed by atoms with Gasteiger partial charge < -0.3 is 18.5 Å². The van der Waals surface area contributed by atoms with Gasteiger partial charge in [-0.3, -0.25) is 34.9 Å². The maximum atomic E-state index is 4.18. The van der Waals surface area contributed by atoms with Crippen molar-refractivity contribution in [1.82, 2.24) is 53.3 Å². The number of rotatable bonds is 0. The molecule has 322 valence electrons. The van der Waals surface area contributed by atoms with Crippen LogP contribution in [0.15, 0.2) is 238 Å². The number of fused-ring (bicyclic) bond motifs is 2. The standard InChI is InChI=1S/2C9H7N.5C5H5N.3H3N.6Os.Ti/c2*1-2-6-9-8(4-1)5-3-7-10-9;5*1-2-4-6-5-3-1;;;;;;;;;;/h2*1-7H;5*1-5H;3*1H3;;;;;;;. The number of hydrogen-bond acceptors (Lipinski definition) is 10. The smallest absolute Gasteiger partial charge is 0.0701 e. The van der Waals surface area contributed by atoms with Gasteiger partial charge in [-0.1, -0.05) is 78.9 Å². The van der Waals surface area contributed by atoms with Crippen molar-refractivity contribution in [3.63, 3.8) is 0 Å². The Balaban J connectivity index is -0.0000000863. The van der Waals surface area contributed by atoms with Crippen molar-refractivity contribution in [2.24, 2.45) is 0 Å². The second-order valence-electron chi connectivity index (χ2n) is 9.52. The first kappa shape index (κ1) is 74.8. The summed E-state index contributed by atoms with van der Waals surface area (Å²) in [7, 11) is 0. The van der Waals surface area contributed by atoms with Crippen molar-refractivity contribution in [2.45, 2.75) is 0 Å². The predicted octanol–water partition coefficient (Wildman–Crippen LogP) is 10.3. The zero-order valence-electron chi connectivity index (χ0n) is 32.4. The van der Waals surface area contributed by atoms with Gasteiger partial charge in [0.05, 0.1) is 11.0 Å². The fourth-order valence-corrected chi connectivity index (χ4v) is 3.60. The molecule has 0 atom stereocenters. The molecule has 2 aromatic carbocycles. The van der Waals surface area contributed by atoms with Crippen molar-refractivity contribution in [3.05, 3.63) is 238 Å². The molecule has 0 saturated carbocycles. The molecule has 7 aromatic heterocycles. The third-order valence-corrected chi connectivity index (χ3v) is 5.86. The van der Waals surface area contributed by atoms with Crippen LogP contribution in [0.4, 0.5) is 0 Å². The summed E-state index contributed by atoms with van der Waals surface area (Å²) in [6.45, 7) is 0. The summed E-state index contributed by atoms with van der Waals surface area (Å²) >= 11 is 0. The Bertz CT molecular complexity index is 1530. The Hall–Kier alpha value is -2.58. The van der Waals surface area contributed by atoms with Gasteiger partial charge in [0, 0.05) is 226 Å². The van der Waals surface area contributed by atoms with Crippen LogP contribution in [0.1, 0.15) is 0 Å². The van der Waals surface area contributed by atoms with E-state index in [-0.39, 0.29) is 159 Å². The molecule has 9 rings (SSSR count). The molecule has 60 heavy (non-hydrogen) atoms. The first-order valence-electron chi connectivity index (χ1n) is 15.8. The minimum atomic E-state index is 0. The molecular weight excluding hydrogens is 1850 g/mol. The zero-order valence-corrected chi connectivity index (χ0v) is 49.2. The maximum Gasteiger partial charge on any atom is 0.0701 e. The van der Waals surface area contributed by atoms with Gasteiger partial charge in [0.15, 0.2) is 0 Å². The monoisotopic (exact) mass is 1900 g/mol. The Kier molecular flexibility index (Phi) is 70.4. The Morgan fingerprint density at radius 2 is 0.417 bits per heavy atom. The van der Waals surface area contributed by atoms with Gasteiger partial charge in [0.1, 0.15) is 0 Å². The van der Waals surface area contributed by atoms with E-state index in [1.807, 2.05) is 152 Å². The van der Waals surface area contributed by atoms with Crippen LogP contribution in [-0.4, -0.2) is 34.9 Å². The van der Waals surface area contributed by atoms with Crippen molar-refractivity contribution < 1.29 is 140 Å². The van der Waals surface area contributed by atoms with Gasteiger partial charge in [-0.05, 0) is 84.9 Å². The molecular formula is C43H48N10Os6Ti. The summed E-state index contributed by atoms with van der Waals surface area (Å²) in [5, 5.41) is 2.40. The largest absolute Gasteiger partial charge is 0.344 e. The Labute approximate surface area is 448 Å². The predicted molar refractivity (Wildman–Crippen MR) is 220 cm³/mol. The van der Waals surface area contributed by atoms with E-state index in [0.29, 0.717) is 0 Å². The molecule has 9 aromatic rings. The molecule has 10 nitrogen and oxygen atoms in total. The second-order valence-corrected chi connectivity index (χ2v) is 9.52. The van der Waals surface area contributed by atoms with E-state index < -0.39 is 0 Å². The van der Waals surface area contributed by atoms with E-state index in [9.17, 15) is 0 Å². The zero-order chi connectivity index (χ0) is 34.8. The molecule has 17 heteroatoms. The van der Waals surface area contributed by atoms with Gasteiger partial charge in [-0.2, -0.15) is 0 Å². The molecule has 0 fully saturated rings. The SMILES string of the molecule is N.N.N.[Os].[Os].[Os].[Os].[Os].[Os].[Ti].c1ccc2ncccc2c1.c1ccc2ncccc2c1.c1ccncc1.c1ccncc1.c1ccncc1.c1ccncc1.c1ccncc1. The topological polar surface area (TPSA) is 195 Å². The van der Waals surface area contributed by atoms with Crippen LogP contribution in [-0.2, 0) is 140 Å². The molecule has 0 saturated heterocycles. The van der Waals surface area contributed by atoms with Crippen molar-refractivity contribution in [3.8, 4) is 0 Å². The molecule has 0 aliphatic carbocycles. The number of benzene rings is 2. The van der Waals surface area contributed by atoms with Crippen LogP contribution < -0.4 is 18.5 Å². The quantitative estimate of drug-likeness (QED) is 0.123. The summed E-state index contributed by atoms with van der Waals surface area (Å²) < 4.78 is 0. The molecule has 0 spiro atoms. The van der Waals surface area contributed by atoms with E-state index in [1.165, 1.54) is 10.8 Å². The van der Waals surface area contributed by atoms with Crippen LogP contribution >= 0.6 is 0 Å². The minimum absolute atomic E-state index is 0. The average molecular weight is 1890 g/mol. The fraction of sp³-hybridized carbons (Fsp3) is 0. The van der Waals surface area contributed by atoms with Gasteiger partial charge in [0.25, 0.3) is 0 Å². The summed E-state index contributed by atoms with van der Waals surface area (Å²) in [6, 6.07) is 52.7. The van der Waals surface area contributed by atoms with Crippen molar-refractivity contribution in [2.75, 3.05) is 0 Å². The van der Waals surface area contributed by atoms with E-state index in [4.69, 9.17) is 0 Å². The number of aromatic nitrogens is 7. The third-order valence-electron chi connectivity index (χ3n) is 5.86. The van der Waals surface area contributed by atoms with Crippen LogP contribution in [0.2, 0.25) is 0 Å². The van der Waals surface area contributed by atoms with E-state index >= 15 is 0 Å². The number of para-hydroxylation sites is 2. The first-order chi connectivity index (χ1) is 24.9. The number of pyridine rings is 7. The molecule has 0 unspecified atom stereocenters. The van der Waals surface area contributed by atoms with Gasteiger partial charge in [-0.25, -0.2) is 0 Å². The number of nitrogens with zero attached hydrogens (tertiary/aromatic N) is 7. The van der Waals surface area contributed by atoms with Crippen molar-refractivity contribution >= 4 is 21.8 Å². The third kappa shape index (κ3) is 40.8. The van der Waals surface area contributed by atoms with E-state index in [0.717, 1.165) is 11.0 Å². The molecule has 0 amide bonds. The van der Waals surface area contributed by atoms with Crippen LogP contribution in [0.3, 0.4) is 0 Å². The maximum absolute atomic E-state index is 4.18. The van der Waals surface area contributed by atoms with Crippen LogP contribution in [0.25, 0.3) is 21.8 Å². The van der Waals surface area contributed by atoms with Crippen LogP contribution in [0.5, 0.6) is 0 Å². The van der Waals surface area contributed by atoms with E-state index in [1.54, 1.807) is 62.0 Å². The summed E-state index contributed by atoms with van der Waals surface area (Å²) in [6.07, 6.45) is 21.1. The van der Waals surface area contributed by atoms with Gasteiger partial charge in [-0.15, -0.1) is 0 Å². The molecule has 0 radical (unpaired) electrons. The van der Waals surface area contributed by atoms with Crippen molar-refractivity contribution in [1.29, 1.82) is 0 Å². The molecule has 0 aliphatic heterocycles. The second kappa shape index (κ2) is 56.4. The molecule has 0 aliphatic rings. The van der Waals surface area contributed by atoms with Gasteiger partial charge in [0.2, 0.25) is 0 Å². The Morgan fingerprint density at radius 3 is 0.583 bits per heavy atom. The van der Waals surface area contributed by atoms with Gasteiger partial charge >= 0.3 is 0 Å². The molecule has 0 bridgehead atoms.